The second-order valence-electron chi connectivity index (χ2n) is 12.9. The number of nitrogens with zero attached hydrogens (tertiary/aromatic N) is 1. The SMILES string of the molecule is C=C1/C(=C\C=C2/CCC[C@]3(C)[C@@H]([C@H](C)/C=C/[C@H](O)C4(c5ccc(CC)cn5)CC4)CC[C@@H]23)C[C@@H](O)C[C@@H]1O. The van der Waals surface area contributed by atoms with E-state index in [0.717, 1.165) is 42.5 Å². The van der Waals surface area contributed by atoms with Crippen LogP contribution in [0.4, 0.5) is 0 Å². The second kappa shape index (κ2) is 10.9. The van der Waals surface area contributed by atoms with Crippen molar-refractivity contribution in [1.82, 2.24) is 4.98 Å². The molecule has 0 saturated heterocycles. The van der Waals surface area contributed by atoms with Gasteiger partial charge in [0.05, 0.1) is 18.3 Å². The number of aliphatic hydroxyl groups excluding tert-OH is 3. The monoisotopic (exact) mass is 517 g/mol. The first-order chi connectivity index (χ1) is 18.2. The van der Waals surface area contributed by atoms with Gasteiger partial charge in [-0.3, -0.25) is 4.98 Å². The lowest BCUT2D eigenvalue weighted by Crippen LogP contribution is -2.35. The van der Waals surface area contributed by atoms with E-state index in [1.165, 1.54) is 36.8 Å². The molecule has 4 heteroatoms. The predicted molar refractivity (Wildman–Crippen MR) is 154 cm³/mol. The van der Waals surface area contributed by atoms with Crippen molar-refractivity contribution in [2.24, 2.45) is 23.2 Å². The van der Waals surface area contributed by atoms with Crippen LogP contribution in [0.2, 0.25) is 0 Å². The van der Waals surface area contributed by atoms with Gasteiger partial charge in [0.15, 0.2) is 0 Å². The third kappa shape index (κ3) is 5.12. The van der Waals surface area contributed by atoms with Crippen molar-refractivity contribution >= 4 is 0 Å². The standard InChI is InChI=1S/C34H47NO3/c1-5-24-9-14-31(35-21-24)34(17-18-34)32(38)15-8-22(2)28-12-13-29-25(7-6-16-33(28,29)4)10-11-26-19-27(36)20-30(37)23(26)3/h8-11,14-15,21-22,27-30,32,36-38H,3,5-7,12-13,16-20H2,1-2,4H3/b15-8+,25-10+,26-11-/t22-,27-,28-,29+,30+,32+,33-/m1/s1. The number of fused-ring (bicyclic) bond motifs is 1. The van der Waals surface area contributed by atoms with Gasteiger partial charge in [-0.05, 0) is 104 Å². The molecule has 206 valence electrons. The van der Waals surface area contributed by atoms with Gasteiger partial charge in [-0.1, -0.05) is 63.3 Å². The minimum Gasteiger partial charge on any atom is -0.393 e. The summed E-state index contributed by atoms with van der Waals surface area (Å²) in [5.74, 6) is 1.58. The molecule has 0 radical (unpaired) electrons. The Labute approximate surface area is 229 Å². The van der Waals surface area contributed by atoms with E-state index in [1.807, 2.05) is 6.20 Å². The van der Waals surface area contributed by atoms with Crippen molar-refractivity contribution in [2.75, 3.05) is 0 Å². The molecule has 1 heterocycles. The molecule has 38 heavy (non-hydrogen) atoms. The number of aromatic nitrogens is 1. The molecular weight excluding hydrogens is 470 g/mol. The van der Waals surface area contributed by atoms with Crippen LogP contribution in [0, 0.1) is 23.2 Å². The summed E-state index contributed by atoms with van der Waals surface area (Å²) in [6, 6.07) is 4.27. The maximum Gasteiger partial charge on any atom is 0.0832 e. The smallest absolute Gasteiger partial charge is 0.0832 e. The van der Waals surface area contributed by atoms with E-state index >= 15 is 0 Å². The summed E-state index contributed by atoms with van der Waals surface area (Å²) in [6.45, 7) is 11.1. The van der Waals surface area contributed by atoms with E-state index in [9.17, 15) is 15.3 Å². The Morgan fingerprint density at radius 1 is 1.13 bits per heavy atom. The molecule has 1 aromatic rings. The molecule has 0 bridgehead atoms. The van der Waals surface area contributed by atoms with Gasteiger partial charge >= 0.3 is 0 Å². The molecule has 4 saturated carbocycles. The lowest BCUT2D eigenvalue weighted by atomic mass is 9.61. The largest absolute Gasteiger partial charge is 0.393 e. The number of aryl methyl sites for hydroxylation is 1. The van der Waals surface area contributed by atoms with Crippen molar-refractivity contribution in [2.45, 2.75) is 109 Å². The van der Waals surface area contributed by atoms with Gasteiger partial charge in [-0.25, -0.2) is 0 Å². The Kier molecular flexibility index (Phi) is 7.88. The minimum absolute atomic E-state index is 0.205. The number of rotatable bonds is 7. The third-order valence-electron chi connectivity index (χ3n) is 10.6. The summed E-state index contributed by atoms with van der Waals surface area (Å²) >= 11 is 0. The van der Waals surface area contributed by atoms with E-state index in [1.54, 1.807) is 0 Å². The lowest BCUT2D eigenvalue weighted by molar-refractivity contribution is 0.0862. The first kappa shape index (κ1) is 27.6. The van der Waals surface area contributed by atoms with Crippen molar-refractivity contribution in [3.05, 3.63) is 77.2 Å². The Hall–Kier alpha value is -2.01. The van der Waals surface area contributed by atoms with E-state index in [4.69, 9.17) is 4.98 Å². The molecule has 3 N–H and O–H groups in total. The van der Waals surface area contributed by atoms with Crippen LogP contribution in [-0.4, -0.2) is 38.6 Å². The van der Waals surface area contributed by atoms with Crippen molar-refractivity contribution in [3.63, 3.8) is 0 Å². The number of aliphatic hydroxyl groups is 3. The van der Waals surface area contributed by atoms with E-state index in [-0.39, 0.29) is 10.8 Å². The normalized spacial score (nSPS) is 36.5. The predicted octanol–water partition coefficient (Wildman–Crippen LogP) is 6.37. The summed E-state index contributed by atoms with van der Waals surface area (Å²) in [7, 11) is 0. The van der Waals surface area contributed by atoms with Gasteiger partial charge in [0, 0.05) is 23.7 Å². The molecule has 0 spiro atoms. The summed E-state index contributed by atoms with van der Waals surface area (Å²) in [5.41, 5.74) is 5.59. The van der Waals surface area contributed by atoms with Crippen LogP contribution < -0.4 is 0 Å². The molecule has 0 aromatic carbocycles. The van der Waals surface area contributed by atoms with Gasteiger partial charge in [0.25, 0.3) is 0 Å². The maximum atomic E-state index is 11.2. The topological polar surface area (TPSA) is 73.6 Å². The molecule has 4 nitrogen and oxygen atoms in total. The van der Waals surface area contributed by atoms with E-state index in [0.29, 0.717) is 30.6 Å². The molecule has 4 fully saturated rings. The van der Waals surface area contributed by atoms with Crippen molar-refractivity contribution < 1.29 is 15.3 Å². The molecule has 0 amide bonds. The fourth-order valence-corrected chi connectivity index (χ4v) is 7.97. The van der Waals surface area contributed by atoms with Crippen LogP contribution in [0.5, 0.6) is 0 Å². The summed E-state index contributed by atoms with van der Waals surface area (Å²) in [6.07, 6.45) is 19.1. The Bertz CT molecular complexity index is 1110. The Morgan fingerprint density at radius 3 is 2.61 bits per heavy atom. The summed E-state index contributed by atoms with van der Waals surface area (Å²) < 4.78 is 0. The van der Waals surface area contributed by atoms with Crippen LogP contribution in [0.15, 0.2) is 65.9 Å². The van der Waals surface area contributed by atoms with Crippen molar-refractivity contribution in [3.8, 4) is 0 Å². The highest BCUT2D eigenvalue weighted by Crippen LogP contribution is 2.59. The van der Waals surface area contributed by atoms with Crippen LogP contribution >= 0.6 is 0 Å². The highest BCUT2D eigenvalue weighted by Gasteiger charge is 2.52. The van der Waals surface area contributed by atoms with Crippen molar-refractivity contribution in [1.29, 1.82) is 0 Å². The zero-order valence-electron chi connectivity index (χ0n) is 23.6. The first-order valence-electron chi connectivity index (χ1n) is 14.9. The average Bonchev–Trinajstić information content (AvgIpc) is 3.64. The maximum absolute atomic E-state index is 11.2. The number of hydrogen-bond acceptors (Lipinski definition) is 4. The van der Waals surface area contributed by atoms with Crippen LogP contribution in [-0.2, 0) is 11.8 Å². The zero-order valence-corrected chi connectivity index (χ0v) is 23.6. The van der Waals surface area contributed by atoms with Gasteiger partial charge in [-0.15, -0.1) is 0 Å². The third-order valence-corrected chi connectivity index (χ3v) is 10.6. The van der Waals surface area contributed by atoms with Crippen LogP contribution in [0.3, 0.4) is 0 Å². The first-order valence-corrected chi connectivity index (χ1v) is 14.9. The van der Waals surface area contributed by atoms with E-state index in [2.05, 4.69) is 63.8 Å². The van der Waals surface area contributed by atoms with Gasteiger partial charge < -0.3 is 15.3 Å². The zero-order chi connectivity index (χ0) is 27.1. The van der Waals surface area contributed by atoms with Gasteiger partial charge in [0.2, 0.25) is 0 Å². The quantitative estimate of drug-likeness (QED) is 0.368. The molecule has 0 aliphatic heterocycles. The fourth-order valence-electron chi connectivity index (χ4n) is 7.97. The number of allylic oxidation sites excluding steroid dienone is 4. The number of hydrogen-bond donors (Lipinski definition) is 3. The van der Waals surface area contributed by atoms with Gasteiger partial charge in [0.1, 0.15) is 0 Å². The minimum atomic E-state index is -0.639. The average molecular weight is 518 g/mol. The second-order valence-corrected chi connectivity index (χ2v) is 12.9. The summed E-state index contributed by atoms with van der Waals surface area (Å²) in [5, 5.41) is 31.6. The van der Waals surface area contributed by atoms with Crippen LogP contribution in [0.25, 0.3) is 0 Å². The molecule has 5 rings (SSSR count). The van der Waals surface area contributed by atoms with Gasteiger partial charge in [-0.2, -0.15) is 0 Å². The highest BCUT2D eigenvalue weighted by atomic mass is 16.3. The molecule has 4 aliphatic rings. The Morgan fingerprint density at radius 2 is 1.92 bits per heavy atom. The fraction of sp³-hybridized carbons (Fsp3) is 0.618. The highest BCUT2D eigenvalue weighted by molar-refractivity contribution is 5.39. The summed E-state index contributed by atoms with van der Waals surface area (Å²) in [4.78, 5) is 4.71. The van der Waals surface area contributed by atoms with Crippen LogP contribution in [0.1, 0.15) is 89.8 Å². The Balaban J connectivity index is 1.28. The van der Waals surface area contributed by atoms with E-state index < -0.39 is 18.3 Å². The molecule has 7 atom stereocenters. The molecular formula is C34H47NO3. The number of pyridine rings is 1. The molecule has 1 aromatic heterocycles. The molecule has 0 unspecified atom stereocenters. The molecule has 4 aliphatic carbocycles. The lowest BCUT2D eigenvalue weighted by Gasteiger charge is -2.44.